The third kappa shape index (κ3) is 4.22. The fourth-order valence-corrected chi connectivity index (χ4v) is 1.77. The molecule has 0 heterocycles. The summed E-state index contributed by atoms with van der Waals surface area (Å²) >= 11 is 0. The predicted molar refractivity (Wildman–Crippen MR) is 86.3 cm³/mol. The molecule has 2 aromatic rings. The van der Waals surface area contributed by atoms with Crippen LogP contribution in [0.25, 0.3) is 0 Å². The van der Waals surface area contributed by atoms with Crippen LogP contribution in [0, 0.1) is 25.5 Å². The number of aryl methyl sites for hydroxylation is 2. The monoisotopic (exact) mass is 301 g/mol. The Bertz CT molecular complexity index is 662. The standard InChI is InChI=1S/C17H17F2N3/c1-12-4-6-16(14(18)8-12)20-10-22(3)11-21-17-7-5-13(2)9-15(17)19/h4-11H,1-3H3. The maximum Gasteiger partial charge on any atom is 0.149 e. The third-order valence-electron chi connectivity index (χ3n) is 2.96. The van der Waals surface area contributed by atoms with Crippen LogP contribution in [0.4, 0.5) is 20.2 Å². The van der Waals surface area contributed by atoms with Crippen LogP contribution < -0.4 is 0 Å². The van der Waals surface area contributed by atoms with Gasteiger partial charge in [-0.25, -0.2) is 18.8 Å². The minimum Gasteiger partial charge on any atom is -0.326 e. The molecule has 0 saturated heterocycles. The summed E-state index contributed by atoms with van der Waals surface area (Å²) in [5.41, 5.74) is 2.15. The van der Waals surface area contributed by atoms with Gasteiger partial charge in [0.1, 0.15) is 23.0 Å². The van der Waals surface area contributed by atoms with Gasteiger partial charge in [-0.1, -0.05) is 12.1 Å². The zero-order chi connectivity index (χ0) is 16.1. The lowest BCUT2D eigenvalue weighted by Crippen LogP contribution is -2.12. The van der Waals surface area contributed by atoms with Crippen molar-refractivity contribution in [2.75, 3.05) is 7.05 Å². The van der Waals surface area contributed by atoms with Gasteiger partial charge in [0.25, 0.3) is 0 Å². The molecule has 3 nitrogen and oxygen atoms in total. The highest BCUT2D eigenvalue weighted by Gasteiger charge is 2.01. The number of halogens is 2. The molecule has 0 atom stereocenters. The van der Waals surface area contributed by atoms with Gasteiger partial charge in [0.05, 0.1) is 12.7 Å². The molecule has 0 spiro atoms. The normalized spacial score (nSPS) is 11.5. The molecule has 0 fully saturated rings. The molecule has 22 heavy (non-hydrogen) atoms. The van der Waals surface area contributed by atoms with Gasteiger partial charge in [0.2, 0.25) is 0 Å². The quantitative estimate of drug-likeness (QED) is 0.602. The van der Waals surface area contributed by atoms with Crippen LogP contribution in [0.3, 0.4) is 0 Å². The lowest BCUT2D eigenvalue weighted by atomic mass is 10.2. The van der Waals surface area contributed by atoms with E-state index in [2.05, 4.69) is 9.98 Å². The summed E-state index contributed by atoms with van der Waals surface area (Å²) in [6.45, 7) is 3.62. The van der Waals surface area contributed by atoms with Gasteiger partial charge >= 0.3 is 0 Å². The lowest BCUT2D eigenvalue weighted by Gasteiger charge is -2.06. The highest BCUT2D eigenvalue weighted by Crippen LogP contribution is 2.19. The Balaban J connectivity index is 2.07. The summed E-state index contributed by atoms with van der Waals surface area (Å²) in [5.74, 6) is -0.766. The molecule has 0 saturated carbocycles. The Labute approximate surface area is 128 Å². The number of rotatable bonds is 4. The summed E-state index contributed by atoms with van der Waals surface area (Å²) < 4.78 is 27.3. The summed E-state index contributed by atoms with van der Waals surface area (Å²) in [6, 6.07) is 9.61. The molecule has 0 N–H and O–H groups in total. The fraction of sp³-hybridized carbons (Fsp3) is 0.176. The second-order valence-corrected chi connectivity index (χ2v) is 5.06. The van der Waals surface area contributed by atoms with Gasteiger partial charge in [-0.2, -0.15) is 0 Å². The molecule has 2 aromatic carbocycles. The number of nitrogens with zero attached hydrogens (tertiary/aromatic N) is 3. The van der Waals surface area contributed by atoms with Crippen LogP contribution in [-0.2, 0) is 0 Å². The van der Waals surface area contributed by atoms with Crippen molar-refractivity contribution in [3.05, 3.63) is 59.2 Å². The zero-order valence-corrected chi connectivity index (χ0v) is 12.7. The van der Waals surface area contributed by atoms with E-state index < -0.39 is 0 Å². The van der Waals surface area contributed by atoms with Crippen molar-refractivity contribution in [3.8, 4) is 0 Å². The van der Waals surface area contributed by atoms with E-state index >= 15 is 0 Å². The Hall–Kier alpha value is -2.56. The molecule has 0 amide bonds. The van der Waals surface area contributed by atoms with Crippen molar-refractivity contribution in [1.82, 2.24) is 4.90 Å². The van der Waals surface area contributed by atoms with Crippen molar-refractivity contribution < 1.29 is 8.78 Å². The van der Waals surface area contributed by atoms with E-state index in [9.17, 15) is 8.78 Å². The largest absolute Gasteiger partial charge is 0.326 e. The van der Waals surface area contributed by atoms with E-state index in [4.69, 9.17) is 0 Å². The van der Waals surface area contributed by atoms with Crippen molar-refractivity contribution in [2.24, 2.45) is 9.98 Å². The van der Waals surface area contributed by atoms with E-state index in [-0.39, 0.29) is 23.0 Å². The van der Waals surface area contributed by atoms with Gasteiger partial charge in [-0.15, -0.1) is 0 Å². The van der Waals surface area contributed by atoms with E-state index in [1.165, 1.54) is 29.7 Å². The predicted octanol–water partition coefficient (Wildman–Crippen LogP) is 4.53. The smallest absolute Gasteiger partial charge is 0.149 e. The first kappa shape index (κ1) is 15.8. The van der Waals surface area contributed by atoms with Crippen molar-refractivity contribution in [3.63, 3.8) is 0 Å². The summed E-state index contributed by atoms with van der Waals surface area (Å²) in [6.07, 6.45) is 2.84. The van der Waals surface area contributed by atoms with Crippen LogP contribution >= 0.6 is 0 Å². The number of hydrogen-bond donors (Lipinski definition) is 0. The second kappa shape index (κ2) is 6.93. The zero-order valence-electron chi connectivity index (χ0n) is 12.7. The molecule has 2 rings (SSSR count). The van der Waals surface area contributed by atoms with Crippen LogP contribution in [-0.4, -0.2) is 24.6 Å². The minimum absolute atomic E-state index is 0.243. The molecule has 5 heteroatoms. The van der Waals surface area contributed by atoms with Crippen molar-refractivity contribution >= 4 is 24.1 Å². The molecule has 0 aromatic heterocycles. The highest BCUT2D eigenvalue weighted by molar-refractivity contribution is 5.78. The van der Waals surface area contributed by atoms with Gasteiger partial charge in [-0.3, -0.25) is 0 Å². The molecule has 0 unspecified atom stereocenters. The molecular formula is C17H17F2N3. The van der Waals surface area contributed by atoms with Gasteiger partial charge in [-0.05, 0) is 49.2 Å². The summed E-state index contributed by atoms with van der Waals surface area (Å²) in [5, 5.41) is 0. The molecule has 0 bridgehead atoms. The summed E-state index contributed by atoms with van der Waals surface area (Å²) in [4.78, 5) is 9.60. The van der Waals surface area contributed by atoms with Gasteiger partial charge in [0, 0.05) is 7.05 Å². The third-order valence-corrected chi connectivity index (χ3v) is 2.96. The second-order valence-electron chi connectivity index (χ2n) is 5.06. The van der Waals surface area contributed by atoms with E-state index in [1.807, 2.05) is 13.8 Å². The van der Waals surface area contributed by atoms with Crippen LogP contribution in [0.2, 0.25) is 0 Å². The molecule has 0 aliphatic heterocycles. The number of aliphatic imine (C=N–C) groups is 2. The van der Waals surface area contributed by atoms with Crippen LogP contribution in [0.1, 0.15) is 11.1 Å². The van der Waals surface area contributed by atoms with E-state index in [1.54, 1.807) is 31.3 Å². The first-order chi connectivity index (χ1) is 10.5. The Kier molecular flexibility index (Phi) is 4.99. The molecule has 114 valence electrons. The number of hydrogen-bond acceptors (Lipinski definition) is 2. The maximum atomic E-state index is 13.6. The average molecular weight is 301 g/mol. The minimum atomic E-state index is -0.383. The number of benzene rings is 2. The van der Waals surface area contributed by atoms with Crippen LogP contribution in [0.15, 0.2) is 46.4 Å². The first-order valence-corrected chi connectivity index (χ1v) is 6.78. The summed E-state index contributed by atoms with van der Waals surface area (Å²) in [7, 11) is 1.69. The maximum absolute atomic E-state index is 13.6. The molecule has 0 aliphatic carbocycles. The average Bonchev–Trinajstić information content (AvgIpc) is 2.45. The Morgan fingerprint density at radius 3 is 1.59 bits per heavy atom. The van der Waals surface area contributed by atoms with Gasteiger partial charge < -0.3 is 4.90 Å². The van der Waals surface area contributed by atoms with Crippen molar-refractivity contribution in [2.45, 2.75) is 13.8 Å². The van der Waals surface area contributed by atoms with E-state index in [0.29, 0.717) is 0 Å². The molecular weight excluding hydrogens is 284 g/mol. The Morgan fingerprint density at radius 2 is 1.23 bits per heavy atom. The Morgan fingerprint density at radius 1 is 0.818 bits per heavy atom. The highest BCUT2D eigenvalue weighted by atomic mass is 19.1. The van der Waals surface area contributed by atoms with Crippen molar-refractivity contribution in [1.29, 1.82) is 0 Å². The van der Waals surface area contributed by atoms with Gasteiger partial charge in [0.15, 0.2) is 0 Å². The lowest BCUT2D eigenvalue weighted by molar-refractivity contribution is 0.628. The SMILES string of the molecule is Cc1ccc(N=CN(C)C=Nc2ccc(C)cc2F)c(F)c1. The first-order valence-electron chi connectivity index (χ1n) is 6.78. The molecule has 0 aliphatic rings. The fourth-order valence-electron chi connectivity index (χ4n) is 1.77. The van der Waals surface area contributed by atoms with E-state index in [0.717, 1.165) is 11.1 Å². The van der Waals surface area contributed by atoms with Crippen LogP contribution in [0.5, 0.6) is 0 Å². The topological polar surface area (TPSA) is 28.0 Å². The molecule has 0 radical (unpaired) electrons.